The highest BCUT2D eigenvalue weighted by molar-refractivity contribution is 7.15. The van der Waals surface area contributed by atoms with E-state index in [0.717, 1.165) is 21.3 Å². The van der Waals surface area contributed by atoms with E-state index in [-0.39, 0.29) is 0 Å². The maximum atomic E-state index is 5.59. The normalized spacial score (nSPS) is 10.9. The van der Waals surface area contributed by atoms with Crippen LogP contribution in [0.3, 0.4) is 0 Å². The van der Waals surface area contributed by atoms with Crippen LogP contribution in [0.4, 0.5) is 0 Å². The summed E-state index contributed by atoms with van der Waals surface area (Å²) in [6.07, 6.45) is 2.29. The van der Waals surface area contributed by atoms with Gasteiger partial charge in [0.05, 0.1) is 12.1 Å². The Kier molecular flexibility index (Phi) is 3.53. The molecule has 3 aromatic rings. The van der Waals surface area contributed by atoms with Gasteiger partial charge in [0.15, 0.2) is 5.82 Å². The number of aryl methyl sites for hydroxylation is 1. The molecule has 0 aliphatic carbocycles. The molecule has 0 unspecified atom stereocenters. The molecule has 0 aromatic carbocycles. The van der Waals surface area contributed by atoms with Crippen molar-refractivity contribution in [2.75, 3.05) is 0 Å². The van der Waals surface area contributed by atoms with E-state index in [9.17, 15) is 0 Å². The van der Waals surface area contributed by atoms with Crippen molar-refractivity contribution >= 4 is 11.3 Å². The number of nitrogens with two attached hydrogens (primary N) is 1. The smallest absolute Gasteiger partial charge is 0.269 e. The Morgan fingerprint density at radius 3 is 2.90 bits per heavy atom. The van der Waals surface area contributed by atoms with Crippen molar-refractivity contribution in [3.05, 3.63) is 46.6 Å². The summed E-state index contributed by atoms with van der Waals surface area (Å²) >= 11 is 1.48. The molecule has 102 valence electrons. The van der Waals surface area contributed by atoms with Gasteiger partial charge in [-0.3, -0.25) is 4.98 Å². The quantitative estimate of drug-likeness (QED) is 0.788. The molecule has 0 aliphatic rings. The van der Waals surface area contributed by atoms with Gasteiger partial charge in [-0.2, -0.15) is 4.98 Å². The van der Waals surface area contributed by atoms with Crippen molar-refractivity contribution in [3.63, 3.8) is 0 Å². The highest BCUT2D eigenvalue weighted by atomic mass is 32.1. The average molecular weight is 287 g/mol. The minimum atomic E-state index is 0.417. The summed E-state index contributed by atoms with van der Waals surface area (Å²) < 4.78 is 5.30. The Morgan fingerprint density at radius 2 is 2.20 bits per heavy atom. The molecule has 3 heterocycles. The molecule has 3 aromatic heterocycles. The van der Waals surface area contributed by atoms with Crippen LogP contribution in [-0.2, 0) is 13.0 Å². The summed E-state index contributed by atoms with van der Waals surface area (Å²) in [5.74, 6) is 1.10. The number of pyridine rings is 1. The number of hydrogen-bond donors (Lipinski definition) is 1. The monoisotopic (exact) mass is 287 g/mol. The zero-order valence-electron chi connectivity index (χ0n) is 10.9. The van der Waals surface area contributed by atoms with Gasteiger partial charge in [-0.15, -0.1) is 11.3 Å². The predicted molar refractivity (Wildman–Crippen MR) is 75.1 cm³/mol. The molecule has 3 rings (SSSR count). The molecule has 0 fully saturated rings. The number of aromatic nitrogens is 4. The van der Waals surface area contributed by atoms with Crippen molar-refractivity contribution in [2.24, 2.45) is 5.73 Å². The minimum Gasteiger partial charge on any atom is -0.333 e. The first kappa shape index (κ1) is 12.9. The standard InChI is InChI=1S/C13H13N5OS/c1-8-12(20-11(7-14)16-8)13-17-10(18-19-13)6-9-4-2-3-5-15-9/h2-5H,6-7,14H2,1H3. The molecular formula is C13H13N5OS. The summed E-state index contributed by atoms with van der Waals surface area (Å²) in [5.41, 5.74) is 7.36. The second kappa shape index (κ2) is 5.48. The van der Waals surface area contributed by atoms with Crippen molar-refractivity contribution < 1.29 is 4.52 Å². The van der Waals surface area contributed by atoms with Crippen LogP contribution in [0.1, 0.15) is 22.2 Å². The van der Waals surface area contributed by atoms with E-state index in [1.807, 2.05) is 25.1 Å². The van der Waals surface area contributed by atoms with Crippen LogP contribution in [0.25, 0.3) is 10.8 Å². The van der Waals surface area contributed by atoms with Crippen LogP contribution in [0.5, 0.6) is 0 Å². The summed E-state index contributed by atoms with van der Waals surface area (Å²) in [5, 5.41) is 4.85. The van der Waals surface area contributed by atoms with Crippen LogP contribution in [0.2, 0.25) is 0 Å². The fourth-order valence-electron chi connectivity index (χ4n) is 1.82. The fourth-order valence-corrected chi connectivity index (χ4v) is 2.69. The molecular weight excluding hydrogens is 274 g/mol. The molecule has 0 spiro atoms. The molecule has 6 nitrogen and oxygen atoms in total. The van der Waals surface area contributed by atoms with Crippen LogP contribution in [0, 0.1) is 6.92 Å². The first-order valence-corrected chi connectivity index (χ1v) is 6.97. The van der Waals surface area contributed by atoms with Gasteiger partial charge in [-0.05, 0) is 19.1 Å². The largest absolute Gasteiger partial charge is 0.333 e. The third-order valence-corrected chi connectivity index (χ3v) is 3.91. The first-order chi connectivity index (χ1) is 9.76. The Bertz CT molecular complexity index is 707. The van der Waals surface area contributed by atoms with Crippen molar-refractivity contribution in [2.45, 2.75) is 19.9 Å². The van der Waals surface area contributed by atoms with Crippen LogP contribution in [-0.4, -0.2) is 20.1 Å². The van der Waals surface area contributed by atoms with E-state index >= 15 is 0 Å². The summed E-state index contributed by atoms with van der Waals surface area (Å²) in [4.78, 5) is 13.9. The van der Waals surface area contributed by atoms with Gasteiger partial charge >= 0.3 is 0 Å². The minimum absolute atomic E-state index is 0.417. The predicted octanol–water partition coefficient (Wildman–Crippen LogP) is 1.95. The molecule has 0 atom stereocenters. The highest BCUT2D eigenvalue weighted by Gasteiger charge is 2.16. The Morgan fingerprint density at radius 1 is 1.30 bits per heavy atom. The second-order valence-electron chi connectivity index (χ2n) is 4.24. The number of nitrogens with zero attached hydrogens (tertiary/aromatic N) is 4. The average Bonchev–Trinajstić information content (AvgIpc) is 3.06. The Labute approximate surface area is 119 Å². The SMILES string of the molecule is Cc1nc(CN)sc1-c1nc(Cc2ccccn2)no1. The van der Waals surface area contributed by atoms with Gasteiger partial charge < -0.3 is 10.3 Å². The van der Waals surface area contributed by atoms with E-state index in [2.05, 4.69) is 20.1 Å². The second-order valence-corrected chi connectivity index (χ2v) is 5.32. The van der Waals surface area contributed by atoms with Crippen molar-refractivity contribution in [1.82, 2.24) is 20.1 Å². The van der Waals surface area contributed by atoms with Crippen LogP contribution in [0.15, 0.2) is 28.9 Å². The van der Waals surface area contributed by atoms with Gasteiger partial charge in [0.1, 0.15) is 9.88 Å². The molecule has 0 radical (unpaired) electrons. The molecule has 0 bridgehead atoms. The fraction of sp³-hybridized carbons (Fsp3) is 0.231. The number of hydrogen-bond acceptors (Lipinski definition) is 7. The lowest BCUT2D eigenvalue weighted by Crippen LogP contribution is -1.94. The van der Waals surface area contributed by atoms with E-state index in [1.54, 1.807) is 6.20 Å². The maximum absolute atomic E-state index is 5.59. The third-order valence-electron chi connectivity index (χ3n) is 2.74. The van der Waals surface area contributed by atoms with Crippen molar-refractivity contribution in [3.8, 4) is 10.8 Å². The summed E-state index contributed by atoms with van der Waals surface area (Å²) in [6, 6.07) is 5.74. The van der Waals surface area contributed by atoms with Gasteiger partial charge in [0, 0.05) is 18.4 Å². The van der Waals surface area contributed by atoms with Crippen LogP contribution >= 0.6 is 11.3 Å². The van der Waals surface area contributed by atoms with Crippen LogP contribution < -0.4 is 5.73 Å². The number of thiazole rings is 1. The lowest BCUT2D eigenvalue weighted by atomic mass is 10.2. The van der Waals surface area contributed by atoms with Gasteiger partial charge in [-0.1, -0.05) is 11.2 Å². The van der Waals surface area contributed by atoms with E-state index in [0.29, 0.717) is 24.7 Å². The third kappa shape index (κ3) is 2.59. The molecule has 7 heteroatoms. The molecule has 0 amide bonds. The van der Waals surface area contributed by atoms with Crippen molar-refractivity contribution in [1.29, 1.82) is 0 Å². The maximum Gasteiger partial charge on any atom is 0.269 e. The summed E-state index contributed by atoms with van der Waals surface area (Å²) in [6.45, 7) is 2.33. The zero-order chi connectivity index (χ0) is 13.9. The number of rotatable bonds is 4. The topological polar surface area (TPSA) is 90.7 Å². The lowest BCUT2D eigenvalue weighted by Gasteiger charge is -1.93. The molecule has 2 N–H and O–H groups in total. The molecule has 0 saturated heterocycles. The Hall–Kier alpha value is -2.12. The molecule has 0 saturated carbocycles. The van der Waals surface area contributed by atoms with Gasteiger partial charge in [-0.25, -0.2) is 4.98 Å². The van der Waals surface area contributed by atoms with Gasteiger partial charge in [0.2, 0.25) is 0 Å². The van der Waals surface area contributed by atoms with E-state index in [4.69, 9.17) is 10.3 Å². The molecule has 0 aliphatic heterocycles. The van der Waals surface area contributed by atoms with Gasteiger partial charge in [0.25, 0.3) is 5.89 Å². The van der Waals surface area contributed by atoms with E-state index in [1.165, 1.54) is 11.3 Å². The zero-order valence-corrected chi connectivity index (χ0v) is 11.7. The van der Waals surface area contributed by atoms with E-state index < -0.39 is 0 Å². The highest BCUT2D eigenvalue weighted by Crippen LogP contribution is 2.28. The summed E-state index contributed by atoms with van der Waals surface area (Å²) in [7, 11) is 0. The lowest BCUT2D eigenvalue weighted by molar-refractivity contribution is 0.424. The molecule has 20 heavy (non-hydrogen) atoms. The Balaban J connectivity index is 1.84. The first-order valence-electron chi connectivity index (χ1n) is 6.15.